The minimum Gasteiger partial charge on any atom is -0.378 e. The van der Waals surface area contributed by atoms with Crippen LogP contribution in [0, 0.1) is 0 Å². The molecule has 8 heteroatoms. The van der Waals surface area contributed by atoms with E-state index < -0.39 is 12.8 Å². The number of nitrogens with one attached hydrogen (secondary N) is 2. The molecule has 1 atom stereocenters. The monoisotopic (exact) mass is 387 g/mol. The predicted molar refractivity (Wildman–Crippen MR) is 98.6 cm³/mol. The molecule has 1 fully saturated rings. The number of hydrogen-bond acceptors (Lipinski definition) is 3. The van der Waals surface area contributed by atoms with Crippen molar-refractivity contribution in [3.8, 4) is 0 Å². The summed E-state index contributed by atoms with van der Waals surface area (Å²) < 4.78 is 46.5. The van der Waals surface area contributed by atoms with Crippen LogP contribution < -0.4 is 10.6 Å². The average Bonchev–Trinajstić information content (AvgIpc) is 3.13. The molecule has 0 aromatic heterocycles. The summed E-state index contributed by atoms with van der Waals surface area (Å²) in [6, 6.07) is 7.23. The molecular weight excluding hydrogens is 359 g/mol. The van der Waals surface area contributed by atoms with E-state index in [1.165, 1.54) is 0 Å². The molecule has 1 unspecified atom stereocenters. The van der Waals surface area contributed by atoms with Gasteiger partial charge in [-0.05, 0) is 37.3 Å². The topological polar surface area (TPSA) is 54.9 Å². The molecule has 1 heterocycles. The Morgan fingerprint density at radius 1 is 1.22 bits per heavy atom. The summed E-state index contributed by atoms with van der Waals surface area (Å²) in [6.07, 6.45) is -0.747. The van der Waals surface area contributed by atoms with Crippen LogP contribution in [0.5, 0.6) is 0 Å². The highest BCUT2D eigenvalue weighted by Crippen LogP contribution is 2.16. The van der Waals surface area contributed by atoms with E-state index in [4.69, 9.17) is 4.74 Å². The van der Waals surface area contributed by atoms with Crippen LogP contribution in [-0.4, -0.2) is 44.5 Å². The van der Waals surface area contributed by atoms with Crippen molar-refractivity contribution in [1.29, 1.82) is 0 Å². The molecule has 1 aromatic rings. The largest absolute Gasteiger partial charge is 0.411 e. The second-order valence-electron chi connectivity index (χ2n) is 6.47. The van der Waals surface area contributed by atoms with Gasteiger partial charge in [-0.3, -0.25) is 0 Å². The van der Waals surface area contributed by atoms with Gasteiger partial charge in [0.15, 0.2) is 5.96 Å². The van der Waals surface area contributed by atoms with Gasteiger partial charge in [-0.25, -0.2) is 4.99 Å². The van der Waals surface area contributed by atoms with Crippen molar-refractivity contribution >= 4 is 5.96 Å². The second-order valence-corrected chi connectivity index (χ2v) is 6.47. The molecule has 2 rings (SSSR count). The van der Waals surface area contributed by atoms with E-state index in [1.807, 2.05) is 19.1 Å². The fourth-order valence-corrected chi connectivity index (χ4v) is 2.76. The lowest BCUT2D eigenvalue weighted by atomic mass is 10.1. The van der Waals surface area contributed by atoms with Crippen molar-refractivity contribution in [2.24, 2.45) is 4.99 Å². The quantitative estimate of drug-likeness (QED) is 0.504. The molecule has 5 nitrogen and oxygen atoms in total. The number of hydrogen-bond donors (Lipinski definition) is 2. The first-order valence-electron chi connectivity index (χ1n) is 9.32. The van der Waals surface area contributed by atoms with Gasteiger partial charge in [-0.15, -0.1) is 0 Å². The molecule has 0 radical (unpaired) electrons. The molecule has 0 amide bonds. The lowest BCUT2D eigenvalue weighted by Crippen LogP contribution is -2.38. The number of nitrogens with zero attached hydrogens (tertiary/aromatic N) is 1. The molecule has 1 aliphatic rings. The van der Waals surface area contributed by atoms with Crippen molar-refractivity contribution < 1.29 is 22.6 Å². The van der Waals surface area contributed by atoms with E-state index in [0.29, 0.717) is 18.2 Å². The summed E-state index contributed by atoms with van der Waals surface area (Å²) in [7, 11) is 0. The first kappa shape index (κ1) is 21.5. The summed E-state index contributed by atoms with van der Waals surface area (Å²) in [6.45, 7) is 3.62. The molecule has 2 N–H and O–H groups in total. The Bertz CT molecular complexity index is 571. The van der Waals surface area contributed by atoms with Gasteiger partial charge in [0.05, 0.1) is 19.3 Å². The van der Waals surface area contributed by atoms with E-state index in [9.17, 15) is 13.2 Å². The SMILES string of the molecule is CCNC(=NCc1ccc(COCC(F)(F)F)cc1)NCCC1CCCO1. The Morgan fingerprint density at radius 2 is 1.96 bits per heavy atom. The minimum absolute atomic E-state index is 0.0590. The van der Waals surface area contributed by atoms with Gasteiger partial charge in [0.25, 0.3) is 0 Å². The van der Waals surface area contributed by atoms with E-state index in [-0.39, 0.29) is 6.61 Å². The number of alkyl halides is 3. The fraction of sp³-hybridized carbons (Fsp3) is 0.632. The zero-order valence-electron chi connectivity index (χ0n) is 15.6. The molecule has 0 aliphatic carbocycles. The van der Waals surface area contributed by atoms with Crippen LogP contribution in [0.25, 0.3) is 0 Å². The molecular formula is C19H28F3N3O2. The number of benzene rings is 1. The standard InChI is InChI=1S/C19H28F3N3O2/c1-2-23-18(24-10-9-17-4-3-11-27-17)25-12-15-5-7-16(8-6-15)13-26-14-19(20,21)22/h5-8,17H,2-4,9-14H2,1H3,(H2,23,24,25). The van der Waals surface area contributed by atoms with Crippen LogP contribution in [0.1, 0.15) is 37.3 Å². The Balaban J connectivity index is 1.76. The lowest BCUT2D eigenvalue weighted by Gasteiger charge is -2.13. The number of guanidine groups is 1. The van der Waals surface area contributed by atoms with Gasteiger partial charge in [0.1, 0.15) is 6.61 Å². The maximum Gasteiger partial charge on any atom is 0.411 e. The first-order valence-corrected chi connectivity index (χ1v) is 9.32. The molecule has 27 heavy (non-hydrogen) atoms. The molecule has 1 saturated heterocycles. The van der Waals surface area contributed by atoms with Crippen LogP contribution >= 0.6 is 0 Å². The highest BCUT2D eigenvalue weighted by molar-refractivity contribution is 5.79. The molecule has 0 saturated carbocycles. The third-order valence-electron chi connectivity index (χ3n) is 4.10. The lowest BCUT2D eigenvalue weighted by molar-refractivity contribution is -0.176. The zero-order chi connectivity index (χ0) is 19.5. The van der Waals surface area contributed by atoms with Crippen LogP contribution in [-0.2, 0) is 22.6 Å². The van der Waals surface area contributed by atoms with Crippen LogP contribution in [0.15, 0.2) is 29.3 Å². The second kappa shape index (κ2) is 11.1. The van der Waals surface area contributed by atoms with Crippen molar-refractivity contribution in [3.63, 3.8) is 0 Å². The van der Waals surface area contributed by atoms with Gasteiger partial charge in [0, 0.05) is 19.7 Å². The van der Waals surface area contributed by atoms with E-state index in [1.54, 1.807) is 12.1 Å². The summed E-state index contributed by atoms with van der Waals surface area (Å²) in [5.41, 5.74) is 1.68. The Morgan fingerprint density at radius 3 is 2.59 bits per heavy atom. The third kappa shape index (κ3) is 9.10. The maximum absolute atomic E-state index is 12.1. The summed E-state index contributed by atoms with van der Waals surface area (Å²) in [5, 5.41) is 6.51. The molecule has 0 bridgehead atoms. The van der Waals surface area contributed by atoms with Crippen molar-refractivity contribution in [2.45, 2.75) is 51.6 Å². The smallest absolute Gasteiger partial charge is 0.378 e. The highest BCUT2D eigenvalue weighted by atomic mass is 19.4. The number of ether oxygens (including phenoxy) is 2. The molecule has 152 valence electrons. The molecule has 1 aromatic carbocycles. The van der Waals surface area contributed by atoms with Gasteiger partial charge in [-0.2, -0.15) is 13.2 Å². The van der Waals surface area contributed by atoms with E-state index in [0.717, 1.165) is 50.5 Å². The Kier molecular flexibility index (Phi) is 8.87. The minimum atomic E-state index is -4.30. The molecule has 1 aliphatic heterocycles. The third-order valence-corrected chi connectivity index (χ3v) is 4.10. The normalized spacial score (nSPS) is 17.9. The van der Waals surface area contributed by atoms with Crippen LogP contribution in [0.4, 0.5) is 13.2 Å². The summed E-state index contributed by atoms with van der Waals surface area (Å²) >= 11 is 0. The maximum atomic E-state index is 12.1. The first-order chi connectivity index (χ1) is 13.0. The van der Waals surface area contributed by atoms with Gasteiger partial charge >= 0.3 is 6.18 Å². The molecule has 0 spiro atoms. The van der Waals surface area contributed by atoms with Gasteiger partial charge in [0.2, 0.25) is 0 Å². The predicted octanol–water partition coefficient (Wildman–Crippen LogP) is 3.39. The van der Waals surface area contributed by atoms with Gasteiger partial charge in [-0.1, -0.05) is 24.3 Å². The Labute approximate surface area is 158 Å². The Hall–Kier alpha value is -1.80. The number of rotatable bonds is 9. The summed E-state index contributed by atoms with van der Waals surface area (Å²) in [5.74, 6) is 0.744. The van der Waals surface area contributed by atoms with Crippen molar-refractivity contribution in [2.75, 3.05) is 26.3 Å². The van der Waals surface area contributed by atoms with Crippen LogP contribution in [0.3, 0.4) is 0 Å². The fourth-order valence-electron chi connectivity index (χ4n) is 2.76. The number of aliphatic imine (C=N–C) groups is 1. The highest BCUT2D eigenvalue weighted by Gasteiger charge is 2.27. The number of halogens is 3. The van der Waals surface area contributed by atoms with E-state index >= 15 is 0 Å². The van der Waals surface area contributed by atoms with Crippen molar-refractivity contribution in [1.82, 2.24) is 10.6 Å². The van der Waals surface area contributed by atoms with Crippen molar-refractivity contribution in [3.05, 3.63) is 35.4 Å². The zero-order valence-corrected chi connectivity index (χ0v) is 15.6. The van der Waals surface area contributed by atoms with Gasteiger partial charge < -0.3 is 20.1 Å². The average molecular weight is 387 g/mol. The van der Waals surface area contributed by atoms with Crippen LogP contribution in [0.2, 0.25) is 0 Å². The van der Waals surface area contributed by atoms with E-state index in [2.05, 4.69) is 20.4 Å². The summed E-state index contributed by atoms with van der Waals surface area (Å²) in [4.78, 5) is 4.55.